The summed E-state index contributed by atoms with van der Waals surface area (Å²) in [5.74, 6) is 0.0238. The number of nitriles is 1. The molecule has 0 rings (SSSR count). The van der Waals surface area contributed by atoms with Gasteiger partial charge in [-0.25, -0.2) is 0 Å². The highest BCUT2D eigenvalue weighted by Crippen LogP contribution is 2.14. The molecule has 0 aliphatic carbocycles. The molecule has 0 aromatic rings. The van der Waals surface area contributed by atoms with E-state index < -0.39 is 5.54 Å². The van der Waals surface area contributed by atoms with Crippen LogP contribution in [0.5, 0.6) is 0 Å². The van der Waals surface area contributed by atoms with Crippen molar-refractivity contribution in [1.29, 1.82) is 5.26 Å². The van der Waals surface area contributed by atoms with Crippen molar-refractivity contribution >= 4 is 5.91 Å². The quantitative estimate of drug-likeness (QED) is 0.599. The van der Waals surface area contributed by atoms with Gasteiger partial charge in [-0.1, -0.05) is 52.9 Å². The Hall–Kier alpha value is -1.04. The molecule has 3 heteroatoms. The van der Waals surface area contributed by atoms with E-state index >= 15 is 0 Å². The minimum Gasteiger partial charge on any atom is -0.338 e. The predicted molar refractivity (Wildman–Crippen MR) is 75.1 cm³/mol. The van der Waals surface area contributed by atoms with Crippen LogP contribution in [0.15, 0.2) is 0 Å². The molecular formula is C15H28N2O. The van der Waals surface area contributed by atoms with Crippen LogP contribution in [0, 0.1) is 11.3 Å². The van der Waals surface area contributed by atoms with Crippen molar-refractivity contribution in [3.8, 4) is 6.07 Å². The number of rotatable bonds is 10. The lowest BCUT2D eigenvalue weighted by Gasteiger charge is -2.24. The second-order valence-corrected chi connectivity index (χ2v) is 4.97. The topological polar surface area (TPSA) is 52.9 Å². The van der Waals surface area contributed by atoms with Crippen molar-refractivity contribution in [1.82, 2.24) is 5.32 Å². The minimum atomic E-state index is -0.653. The van der Waals surface area contributed by atoms with Crippen molar-refractivity contribution in [2.75, 3.05) is 0 Å². The number of carbonyl (C=O) groups excluding carboxylic acids is 1. The molecule has 0 radical (unpaired) electrons. The molecular weight excluding hydrogens is 224 g/mol. The fourth-order valence-electron chi connectivity index (χ4n) is 2.01. The SMILES string of the molecule is CCCCCCCCC(=O)NC(C#N)(CC)CC. The molecule has 1 amide bonds. The lowest BCUT2D eigenvalue weighted by molar-refractivity contribution is -0.122. The molecule has 0 aromatic heterocycles. The number of carbonyl (C=O) groups is 1. The van der Waals surface area contributed by atoms with E-state index in [9.17, 15) is 4.79 Å². The largest absolute Gasteiger partial charge is 0.338 e. The fourth-order valence-corrected chi connectivity index (χ4v) is 2.01. The molecule has 0 saturated carbocycles. The summed E-state index contributed by atoms with van der Waals surface area (Å²) in [6, 6.07) is 2.23. The van der Waals surface area contributed by atoms with E-state index in [1.807, 2.05) is 13.8 Å². The van der Waals surface area contributed by atoms with Gasteiger partial charge < -0.3 is 5.32 Å². The Labute approximate surface area is 112 Å². The summed E-state index contributed by atoms with van der Waals surface area (Å²) in [7, 11) is 0. The summed E-state index contributed by atoms with van der Waals surface area (Å²) in [4.78, 5) is 11.8. The van der Waals surface area contributed by atoms with E-state index in [0.717, 1.165) is 12.8 Å². The van der Waals surface area contributed by atoms with Gasteiger partial charge in [0.2, 0.25) is 5.91 Å². The highest BCUT2D eigenvalue weighted by molar-refractivity contribution is 5.77. The number of nitrogens with zero attached hydrogens (tertiary/aromatic N) is 1. The maximum Gasteiger partial charge on any atom is 0.221 e. The Morgan fingerprint density at radius 2 is 1.61 bits per heavy atom. The first-order valence-corrected chi connectivity index (χ1v) is 7.36. The van der Waals surface area contributed by atoms with Crippen LogP contribution in [0.4, 0.5) is 0 Å². The summed E-state index contributed by atoms with van der Waals surface area (Å²) in [6.45, 7) is 6.08. The van der Waals surface area contributed by atoms with E-state index in [-0.39, 0.29) is 5.91 Å². The van der Waals surface area contributed by atoms with Crippen molar-refractivity contribution in [2.24, 2.45) is 0 Å². The number of hydrogen-bond acceptors (Lipinski definition) is 2. The zero-order chi connectivity index (χ0) is 13.9. The van der Waals surface area contributed by atoms with Gasteiger partial charge in [0.15, 0.2) is 0 Å². The molecule has 3 nitrogen and oxygen atoms in total. The Morgan fingerprint density at radius 3 is 2.11 bits per heavy atom. The van der Waals surface area contributed by atoms with Crippen LogP contribution in [0.3, 0.4) is 0 Å². The first-order valence-electron chi connectivity index (χ1n) is 7.36. The van der Waals surface area contributed by atoms with Gasteiger partial charge >= 0.3 is 0 Å². The van der Waals surface area contributed by atoms with Crippen LogP contribution in [0.1, 0.15) is 78.6 Å². The highest BCUT2D eigenvalue weighted by Gasteiger charge is 2.27. The second-order valence-electron chi connectivity index (χ2n) is 4.97. The average Bonchev–Trinajstić information content (AvgIpc) is 2.40. The third-order valence-electron chi connectivity index (χ3n) is 3.56. The van der Waals surface area contributed by atoms with Crippen molar-refractivity contribution < 1.29 is 4.79 Å². The smallest absolute Gasteiger partial charge is 0.221 e. The van der Waals surface area contributed by atoms with Crippen LogP contribution in [-0.4, -0.2) is 11.4 Å². The van der Waals surface area contributed by atoms with Crippen LogP contribution in [0.2, 0.25) is 0 Å². The molecule has 18 heavy (non-hydrogen) atoms. The summed E-state index contributed by atoms with van der Waals surface area (Å²) < 4.78 is 0. The van der Waals surface area contributed by atoms with Gasteiger partial charge in [-0.15, -0.1) is 0 Å². The summed E-state index contributed by atoms with van der Waals surface area (Å²) in [5, 5.41) is 12.0. The third kappa shape index (κ3) is 6.64. The summed E-state index contributed by atoms with van der Waals surface area (Å²) >= 11 is 0. The van der Waals surface area contributed by atoms with Crippen LogP contribution >= 0.6 is 0 Å². The van der Waals surface area contributed by atoms with Gasteiger partial charge in [0.25, 0.3) is 0 Å². The molecule has 0 aliphatic heterocycles. The maximum atomic E-state index is 11.8. The van der Waals surface area contributed by atoms with Crippen LogP contribution < -0.4 is 5.32 Å². The molecule has 0 unspecified atom stereocenters. The molecule has 0 atom stereocenters. The standard InChI is InChI=1S/C15H28N2O/c1-4-7-8-9-10-11-12-14(18)17-15(5-2,6-3)13-16/h4-12H2,1-3H3,(H,17,18). The molecule has 0 aromatic carbocycles. The normalized spacial score (nSPS) is 11.0. The Balaban J connectivity index is 3.80. The number of amides is 1. The second kappa shape index (κ2) is 9.94. The lowest BCUT2D eigenvalue weighted by atomic mass is 9.94. The Morgan fingerprint density at radius 1 is 1.06 bits per heavy atom. The van der Waals surface area contributed by atoms with Crippen LogP contribution in [-0.2, 0) is 4.79 Å². The highest BCUT2D eigenvalue weighted by atomic mass is 16.1. The lowest BCUT2D eigenvalue weighted by Crippen LogP contribution is -2.46. The minimum absolute atomic E-state index is 0.0238. The van der Waals surface area contributed by atoms with Gasteiger partial charge in [0.05, 0.1) is 6.07 Å². The Kier molecular flexibility index (Phi) is 9.36. The van der Waals surface area contributed by atoms with Gasteiger partial charge in [-0.3, -0.25) is 4.79 Å². The third-order valence-corrected chi connectivity index (χ3v) is 3.56. The van der Waals surface area contributed by atoms with Crippen molar-refractivity contribution in [3.05, 3.63) is 0 Å². The van der Waals surface area contributed by atoms with Gasteiger partial charge in [-0.05, 0) is 19.3 Å². The molecule has 0 fully saturated rings. The number of unbranched alkanes of at least 4 members (excludes halogenated alkanes) is 5. The first kappa shape index (κ1) is 17.0. The number of hydrogen-bond donors (Lipinski definition) is 1. The van der Waals surface area contributed by atoms with E-state index in [0.29, 0.717) is 19.3 Å². The predicted octanol–water partition coefficient (Wildman–Crippen LogP) is 3.94. The van der Waals surface area contributed by atoms with E-state index in [2.05, 4.69) is 18.3 Å². The van der Waals surface area contributed by atoms with Gasteiger partial charge in [0.1, 0.15) is 5.54 Å². The Bertz CT molecular complexity index is 264. The zero-order valence-corrected chi connectivity index (χ0v) is 12.2. The van der Waals surface area contributed by atoms with Gasteiger partial charge in [0, 0.05) is 6.42 Å². The average molecular weight is 252 g/mol. The molecule has 1 N–H and O–H groups in total. The molecule has 104 valence electrons. The van der Waals surface area contributed by atoms with Crippen LogP contribution in [0.25, 0.3) is 0 Å². The summed E-state index contributed by atoms with van der Waals surface area (Å²) in [6.07, 6.45) is 8.96. The fraction of sp³-hybridized carbons (Fsp3) is 0.867. The first-order chi connectivity index (χ1) is 8.64. The summed E-state index contributed by atoms with van der Waals surface area (Å²) in [5.41, 5.74) is -0.653. The van der Waals surface area contributed by atoms with E-state index in [1.165, 1.54) is 25.7 Å². The molecule has 0 heterocycles. The van der Waals surface area contributed by atoms with E-state index in [1.54, 1.807) is 0 Å². The zero-order valence-electron chi connectivity index (χ0n) is 12.2. The van der Waals surface area contributed by atoms with Gasteiger partial charge in [-0.2, -0.15) is 5.26 Å². The maximum absolute atomic E-state index is 11.8. The molecule has 0 saturated heterocycles. The number of nitrogens with one attached hydrogen (secondary N) is 1. The molecule has 0 spiro atoms. The van der Waals surface area contributed by atoms with Crippen molar-refractivity contribution in [2.45, 2.75) is 84.1 Å². The van der Waals surface area contributed by atoms with Crippen molar-refractivity contribution in [3.63, 3.8) is 0 Å². The van der Waals surface area contributed by atoms with E-state index in [4.69, 9.17) is 5.26 Å². The molecule has 0 aliphatic rings. The molecule has 0 bridgehead atoms. The monoisotopic (exact) mass is 252 g/mol.